The van der Waals surface area contributed by atoms with Gasteiger partial charge in [-0.05, 0) is 62.7 Å². The first-order valence-corrected chi connectivity index (χ1v) is 12.1. The number of hydrogen-bond acceptors (Lipinski definition) is 6. The predicted octanol–water partition coefficient (Wildman–Crippen LogP) is 2.07. The lowest BCUT2D eigenvalue weighted by atomic mass is 9.82. The molecule has 8 nitrogen and oxygen atoms in total. The normalized spacial score (nSPS) is 23.9. The topological polar surface area (TPSA) is 108 Å². The van der Waals surface area contributed by atoms with Crippen molar-refractivity contribution in [1.29, 1.82) is 0 Å². The highest BCUT2D eigenvalue weighted by Crippen LogP contribution is 2.37. The van der Waals surface area contributed by atoms with Gasteiger partial charge in [0.25, 0.3) is 0 Å². The van der Waals surface area contributed by atoms with Gasteiger partial charge in [0.1, 0.15) is 23.4 Å². The third-order valence-electron chi connectivity index (χ3n) is 6.87. The predicted molar refractivity (Wildman–Crippen MR) is 131 cm³/mol. The van der Waals surface area contributed by atoms with Crippen molar-refractivity contribution in [3.8, 4) is 0 Å². The third kappa shape index (κ3) is 4.86. The van der Waals surface area contributed by atoms with Crippen LogP contribution in [0.1, 0.15) is 30.9 Å². The molecule has 2 unspecified atom stereocenters. The fourth-order valence-electron chi connectivity index (χ4n) is 5.03. The lowest BCUT2D eigenvalue weighted by Crippen LogP contribution is -2.43. The largest absolute Gasteiger partial charge is 0.353 e. The van der Waals surface area contributed by atoms with E-state index in [0.717, 1.165) is 31.5 Å². The summed E-state index contributed by atoms with van der Waals surface area (Å²) in [5.74, 6) is -1.94. The number of rotatable bonds is 6. The van der Waals surface area contributed by atoms with Gasteiger partial charge >= 0.3 is 0 Å². The van der Waals surface area contributed by atoms with Crippen LogP contribution in [0.2, 0.25) is 0 Å². The quantitative estimate of drug-likeness (QED) is 0.492. The molecule has 1 aromatic carbocycles. The highest BCUT2D eigenvalue weighted by atomic mass is 19.1. The molecule has 2 fully saturated rings. The highest BCUT2D eigenvalue weighted by Gasteiger charge is 2.49. The second kappa shape index (κ2) is 9.77. The minimum Gasteiger partial charge on any atom is -0.353 e. The number of carbonyl (C=O) groups is 2. The number of aliphatic imine (C=N–C) groups is 1. The number of benzene rings is 1. The Hall–Kier alpha value is -3.66. The molecule has 4 heterocycles. The first kappa shape index (κ1) is 24.1. The Morgan fingerprint density at radius 3 is 2.61 bits per heavy atom. The molecule has 2 aromatic rings. The summed E-state index contributed by atoms with van der Waals surface area (Å²) in [7, 11) is 0. The zero-order valence-corrected chi connectivity index (χ0v) is 19.9. The van der Waals surface area contributed by atoms with Crippen molar-refractivity contribution in [3.63, 3.8) is 0 Å². The lowest BCUT2D eigenvalue weighted by molar-refractivity contribution is -0.122. The summed E-state index contributed by atoms with van der Waals surface area (Å²) in [6.07, 6.45) is 5.15. The number of hydrogen-bond donors (Lipinski definition) is 4. The maximum Gasteiger partial charge on any atom is 0.231 e. The van der Waals surface area contributed by atoms with Crippen LogP contribution < -0.4 is 21.3 Å². The van der Waals surface area contributed by atoms with Gasteiger partial charge in [0.2, 0.25) is 11.8 Å². The van der Waals surface area contributed by atoms with Crippen LogP contribution in [0.5, 0.6) is 0 Å². The van der Waals surface area contributed by atoms with Crippen LogP contribution in [0.3, 0.4) is 0 Å². The van der Waals surface area contributed by atoms with Crippen LogP contribution in [0, 0.1) is 17.6 Å². The molecule has 2 saturated heterocycles. The number of pyridine rings is 1. The minimum atomic E-state index is -0.912. The molecular weight excluding hydrogens is 466 g/mol. The molecule has 36 heavy (non-hydrogen) atoms. The van der Waals surface area contributed by atoms with Gasteiger partial charge in [-0.25, -0.2) is 13.8 Å². The monoisotopic (exact) mass is 494 g/mol. The number of amides is 2. The zero-order valence-electron chi connectivity index (χ0n) is 19.9. The molecule has 5 rings (SSSR count). The second-order valence-electron chi connectivity index (χ2n) is 9.65. The Labute approximate surface area is 207 Å². The first-order chi connectivity index (χ1) is 17.3. The van der Waals surface area contributed by atoms with Crippen LogP contribution in [0.4, 0.5) is 14.6 Å². The van der Waals surface area contributed by atoms with Gasteiger partial charge in [0.05, 0.1) is 23.2 Å². The van der Waals surface area contributed by atoms with Gasteiger partial charge in [0, 0.05) is 24.5 Å². The van der Waals surface area contributed by atoms with Crippen LogP contribution >= 0.6 is 0 Å². The van der Waals surface area contributed by atoms with Crippen molar-refractivity contribution in [1.82, 2.24) is 20.9 Å². The van der Waals surface area contributed by atoms with Gasteiger partial charge in [-0.2, -0.15) is 0 Å². The number of nitrogens with one attached hydrogen (secondary N) is 4. The molecule has 2 atom stereocenters. The maximum atomic E-state index is 14.5. The molecule has 4 N–H and O–H groups in total. The van der Waals surface area contributed by atoms with Crippen molar-refractivity contribution in [3.05, 3.63) is 71.1 Å². The van der Waals surface area contributed by atoms with E-state index >= 15 is 0 Å². The van der Waals surface area contributed by atoms with E-state index in [4.69, 9.17) is 0 Å². The number of fused-ring (bicyclic) bond motifs is 1. The maximum absolute atomic E-state index is 14.5. The van der Waals surface area contributed by atoms with Gasteiger partial charge in [-0.15, -0.1) is 0 Å². The third-order valence-corrected chi connectivity index (χ3v) is 6.87. The number of aromatic nitrogens is 1. The Balaban J connectivity index is 1.34. The van der Waals surface area contributed by atoms with Crippen molar-refractivity contribution in [2.45, 2.75) is 37.8 Å². The number of halogens is 2. The van der Waals surface area contributed by atoms with Gasteiger partial charge in [-0.1, -0.05) is 12.1 Å². The fraction of sp³-hybridized carbons (Fsp3) is 0.385. The Morgan fingerprint density at radius 2 is 1.92 bits per heavy atom. The first-order valence-electron chi connectivity index (χ1n) is 12.1. The minimum absolute atomic E-state index is 0.0504. The summed E-state index contributed by atoms with van der Waals surface area (Å²) in [4.78, 5) is 34.0. The van der Waals surface area contributed by atoms with E-state index in [1.807, 2.05) is 0 Å². The van der Waals surface area contributed by atoms with Crippen LogP contribution in [0.15, 0.2) is 53.3 Å². The SMILES string of the molecule is CC12CNC(=O)C1C(Nc1ccc(CC(=O)NC3CCNCC3)cn1)=CC(c1c(F)cccc1F)=N2. The Kier molecular flexibility index (Phi) is 6.53. The van der Waals surface area contributed by atoms with E-state index < -0.39 is 23.1 Å². The number of allylic oxidation sites excluding steroid dienone is 1. The fourth-order valence-corrected chi connectivity index (χ4v) is 5.03. The molecule has 2 amide bonds. The number of dihydropyridines is 1. The zero-order chi connectivity index (χ0) is 25.3. The molecule has 1 aromatic heterocycles. The molecule has 0 aliphatic carbocycles. The second-order valence-corrected chi connectivity index (χ2v) is 9.65. The standard InChI is InChI=1S/C26H28F2N6O2/c1-26-14-31-25(36)24(26)20(12-19(34-26)23-17(27)3-2-4-18(23)28)33-21-6-5-15(13-30-21)11-22(35)32-16-7-9-29-10-8-16/h2-6,12-13,16,24,29H,7-11,14H2,1H3,(H,30,33)(H,31,36)(H,32,35). The van der Waals surface area contributed by atoms with Crippen LogP contribution in [0.25, 0.3) is 0 Å². The summed E-state index contributed by atoms with van der Waals surface area (Å²) in [5, 5.41) is 12.3. The van der Waals surface area contributed by atoms with E-state index in [-0.39, 0.29) is 42.1 Å². The number of carbonyl (C=O) groups excluding carboxylic acids is 2. The average Bonchev–Trinajstić information content (AvgIpc) is 3.15. The molecular formula is C26H28F2N6O2. The van der Waals surface area contributed by atoms with Crippen LogP contribution in [-0.4, -0.2) is 53.7 Å². The van der Waals surface area contributed by atoms with Gasteiger partial charge < -0.3 is 21.3 Å². The Bertz CT molecular complexity index is 1220. The Morgan fingerprint density at radius 1 is 1.17 bits per heavy atom. The number of nitrogens with zero attached hydrogens (tertiary/aromatic N) is 2. The van der Waals surface area contributed by atoms with E-state index in [9.17, 15) is 18.4 Å². The molecule has 3 aliphatic rings. The van der Waals surface area contributed by atoms with E-state index in [1.165, 1.54) is 24.3 Å². The van der Waals surface area contributed by atoms with Crippen molar-refractivity contribution >= 4 is 23.3 Å². The van der Waals surface area contributed by atoms with E-state index in [0.29, 0.717) is 11.5 Å². The van der Waals surface area contributed by atoms with Gasteiger partial charge in [-0.3, -0.25) is 14.6 Å². The molecule has 10 heteroatoms. The summed E-state index contributed by atoms with van der Waals surface area (Å²) in [6.45, 7) is 3.82. The molecule has 0 saturated carbocycles. The van der Waals surface area contributed by atoms with Gasteiger partial charge in [0.15, 0.2) is 0 Å². The summed E-state index contributed by atoms with van der Waals surface area (Å²) in [5.41, 5.74) is 0.173. The summed E-state index contributed by atoms with van der Waals surface area (Å²) < 4.78 is 29.1. The molecule has 0 radical (unpaired) electrons. The van der Waals surface area contributed by atoms with Crippen molar-refractivity contribution in [2.24, 2.45) is 10.9 Å². The molecule has 188 valence electrons. The molecule has 0 bridgehead atoms. The number of piperidine rings is 1. The molecule has 3 aliphatic heterocycles. The van der Waals surface area contributed by atoms with Crippen LogP contribution in [-0.2, 0) is 16.0 Å². The van der Waals surface area contributed by atoms with Crippen molar-refractivity contribution < 1.29 is 18.4 Å². The smallest absolute Gasteiger partial charge is 0.231 e. The van der Waals surface area contributed by atoms with Crippen molar-refractivity contribution in [2.75, 3.05) is 25.0 Å². The summed E-state index contributed by atoms with van der Waals surface area (Å²) in [6, 6.07) is 7.34. The van der Waals surface area contributed by atoms with E-state index in [2.05, 4.69) is 31.2 Å². The number of anilines is 1. The molecule has 0 spiro atoms. The van der Waals surface area contributed by atoms with E-state index in [1.54, 1.807) is 25.3 Å². The highest BCUT2D eigenvalue weighted by molar-refractivity contribution is 6.11. The summed E-state index contributed by atoms with van der Waals surface area (Å²) >= 11 is 0. The average molecular weight is 495 g/mol. The lowest BCUT2D eigenvalue weighted by Gasteiger charge is -2.32.